The summed E-state index contributed by atoms with van der Waals surface area (Å²) in [5.41, 5.74) is 5.12. The number of para-hydroxylation sites is 1. The molecule has 0 amide bonds. The molecule has 2 heterocycles. The van der Waals surface area contributed by atoms with Crippen LogP contribution in [0.4, 0.5) is 17.2 Å². The van der Waals surface area contributed by atoms with Gasteiger partial charge in [0.15, 0.2) is 0 Å². The Morgan fingerprint density at radius 1 is 0.920 bits per heavy atom. The lowest BCUT2D eigenvalue weighted by molar-refractivity contribution is 1.09. The molecule has 0 aliphatic carbocycles. The maximum Gasteiger partial charge on any atom is 0.132 e. The van der Waals surface area contributed by atoms with Crippen LogP contribution in [-0.4, -0.2) is 28.6 Å². The monoisotopic (exact) mass is 329 g/mol. The first-order valence-electron chi connectivity index (χ1n) is 8.14. The van der Waals surface area contributed by atoms with Crippen molar-refractivity contribution in [2.24, 2.45) is 0 Å². The van der Waals surface area contributed by atoms with Crippen LogP contribution in [0.3, 0.4) is 0 Å². The van der Waals surface area contributed by atoms with Gasteiger partial charge in [-0.25, -0.2) is 9.97 Å². The lowest BCUT2D eigenvalue weighted by Gasteiger charge is -2.14. The molecule has 0 radical (unpaired) electrons. The molecule has 0 spiro atoms. The Morgan fingerprint density at radius 2 is 1.76 bits per heavy atom. The summed E-state index contributed by atoms with van der Waals surface area (Å²) in [5, 5.41) is 3.38. The molecule has 0 bridgehead atoms. The highest BCUT2D eigenvalue weighted by atomic mass is 15.1. The van der Waals surface area contributed by atoms with Crippen molar-refractivity contribution in [1.82, 2.24) is 14.5 Å². The summed E-state index contributed by atoms with van der Waals surface area (Å²) in [5.74, 6) is 0.793. The first kappa shape index (κ1) is 15.2. The normalized spacial score (nSPS) is 10.8. The lowest BCUT2D eigenvalue weighted by atomic mass is 10.2. The van der Waals surface area contributed by atoms with E-state index in [1.807, 2.05) is 56.8 Å². The van der Waals surface area contributed by atoms with E-state index in [-0.39, 0.29) is 0 Å². The van der Waals surface area contributed by atoms with E-state index in [0.29, 0.717) is 0 Å². The number of pyridine rings is 1. The zero-order chi connectivity index (χ0) is 17.2. The highest BCUT2D eigenvalue weighted by molar-refractivity contribution is 5.80. The molecule has 0 aliphatic rings. The maximum atomic E-state index is 4.48. The molecular weight excluding hydrogens is 310 g/mol. The van der Waals surface area contributed by atoms with E-state index in [1.165, 1.54) is 0 Å². The Morgan fingerprint density at radius 3 is 2.56 bits per heavy atom. The molecular formula is C20H19N5. The molecule has 2 aromatic heterocycles. The van der Waals surface area contributed by atoms with E-state index in [1.54, 1.807) is 6.20 Å². The van der Waals surface area contributed by atoms with Gasteiger partial charge in [0, 0.05) is 37.2 Å². The van der Waals surface area contributed by atoms with Gasteiger partial charge in [0.05, 0.1) is 11.7 Å². The van der Waals surface area contributed by atoms with Crippen LogP contribution in [0.5, 0.6) is 0 Å². The molecule has 4 aromatic rings. The van der Waals surface area contributed by atoms with Gasteiger partial charge in [-0.3, -0.25) is 4.57 Å². The van der Waals surface area contributed by atoms with Crippen molar-refractivity contribution in [2.45, 2.75) is 0 Å². The van der Waals surface area contributed by atoms with Crippen LogP contribution in [0.1, 0.15) is 0 Å². The number of rotatable bonds is 4. The summed E-state index contributed by atoms with van der Waals surface area (Å²) < 4.78 is 2.07. The minimum atomic E-state index is 0.793. The Labute approximate surface area is 146 Å². The van der Waals surface area contributed by atoms with Crippen LogP contribution in [-0.2, 0) is 0 Å². The van der Waals surface area contributed by atoms with Crippen LogP contribution in [0.2, 0.25) is 0 Å². The van der Waals surface area contributed by atoms with Crippen molar-refractivity contribution in [3.05, 3.63) is 73.2 Å². The number of aromatic nitrogens is 3. The average Bonchev–Trinajstić information content (AvgIpc) is 3.06. The van der Waals surface area contributed by atoms with Gasteiger partial charge in [-0.1, -0.05) is 24.3 Å². The number of nitrogens with zero attached hydrogens (tertiary/aromatic N) is 4. The fraction of sp³-hybridized carbons (Fsp3) is 0.100. The quantitative estimate of drug-likeness (QED) is 0.608. The number of anilines is 3. The van der Waals surface area contributed by atoms with E-state index >= 15 is 0 Å². The second-order valence-electron chi connectivity index (χ2n) is 6.08. The fourth-order valence-corrected chi connectivity index (χ4v) is 2.78. The largest absolute Gasteiger partial charge is 0.378 e. The summed E-state index contributed by atoms with van der Waals surface area (Å²) in [4.78, 5) is 11.0. The lowest BCUT2D eigenvalue weighted by Crippen LogP contribution is -2.08. The third kappa shape index (κ3) is 3.04. The second-order valence-corrected chi connectivity index (χ2v) is 6.08. The average molecular weight is 329 g/mol. The van der Waals surface area contributed by atoms with E-state index in [2.05, 4.69) is 49.0 Å². The number of hydrogen-bond acceptors (Lipinski definition) is 4. The topological polar surface area (TPSA) is 46.0 Å². The molecule has 0 aliphatic heterocycles. The van der Waals surface area contributed by atoms with Crippen LogP contribution in [0.25, 0.3) is 16.7 Å². The molecule has 4 rings (SSSR count). The van der Waals surface area contributed by atoms with Crippen molar-refractivity contribution in [1.29, 1.82) is 0 Å². The van der Waals surface area contributed by atoms with E-state index in [4.69, 9.17) is 0 Å². The van der Waals surface area contributed by atoms with Crippen LogP contribution >= 0.6 is 0 Å². The Bertz CT molecular complexity index is 1000. The van der Waals surface area contributed by atoms with Gasteiger partial charge in [-0.05, 0) is 30.3 Å². The number of nitrogens with one attached hydrogen (secondary N) is 1. The van der Waals surface area contributed by atoms with E-state index in [9.17, 15) is 0 Å². The molecule has 1 N–H and O–H groups in total. The Balaban J connectivity index is 1.71. The number of hydrogen-bond donors (Lipinski definition) is 1. The van der Waals surface area contributed by atoms with Crippen molar-refractivity contribution < 1.29 is 0 Å². The predicted octanol–water partition coefficient (Wildman–Crippen LogP) is 4.23. The Kier molecular flexibility index (Phi) is 3.82. The van der Waals surface area contributed by atoms with Gasteiger partial charge < -0.3 is 10.2 Å². The summed E-state index contributed by atoms with van der Waals surface area (Å²) >= 11 is 0. The maximum absolute atomic E-state index is 4.48. The van der Waals surface area contributed by atoms with Gasteiger partial charge >= 0.3 is 0 Å². The molecule has 0 saturated carbocycles. The highest BCUT2D eigenvalue weighted by Crippen LogP contribution is 2.24. The molecule has 0 saturated heterocycles. The number of benzene rings is 2. The molecule has 124 valence electrons. The zero-order valence-electron chi connectivity index (χ0n) is 14.2. The minimum Gasteiger partial charge on any atom is -0.378 e. The number of fused-ring (bicyclic) bond motifs is 1. The smallest absolute Gasteiger partial charge is 0.132 e. The van der Waals surface area contributed by atoms with Crippen LogP contribution in [0.15, 0.2) is 73.2 Å². The molecule has 0 fully saturated rings. The molecule has 0 unspecified atom stereocenters. The van der Waals surface area contributed by atoms with Crippen molar-refractivity contribution in [3.8, 4) is 5.69 Å². The molecule has 5 heteroatoms. The minimum absolute atomic E-state index is 0.793. The van der Waals surface area contributed by atoms with Gasteiger partial charge in [0.2, 0.25) is 0 Å². The Hall–Kier alpha value is -3.34. The number of imidazole rings is 1. The highest BCUT2D eigenvalue weighted by Gasteiger charge is 2.07. The third-order valence-electron chi connectivity index (χ3n) is 4.10. The summed E-state index contributed by atoms with van der Waals surface area (Å²) in [7, 11) is 4.06. The first-order valence-corrected chi connectivity index (χ1v) is 8.14. The molecule has 0 atom stereocenters. The fourth-order valence-electron chi connectivity index (χ4n) is 2.78. The molecule has 2 aromatic carbocycles. The van der Waals surface area contributed by atoms with Crippen LogP contribution < -0.4 is 10.2 Å². The second kappa shape index (κ2) is 6.28. The standard InChI is InChI=1S/C20H19N5/c1-24(2)17-10-6-7-15(11-17)23-20-12-19-18(13-21-20)22-14-25(19)16-8-4-3-5-9-16/h3-14H,1-2H3,(H,21,23). The third-order valence-corrected chi connectivity index (χ3v) is 4.10. The zero-order valence-corrected chi connectivity index (χ0v) is 14.2. The summed E-state index contributed by atoms with van der Waals surface area (Å²) in [6, 6.07) is 20.4. The van der Waals surface area contributed by atoms with Gasteiger partial charge in [-0.15, -0.1) is 0 Å². The van der Waals surface area contributed by atoms with E-state index < -0.39 is 0 Å². The van der Waals surface area contributed by atoms with Gasteiger partial charge in [0.25, 0.3) is 0 Å². The van der Waals surface area contributed by atoms with E-state index in [0.717, 1.165) is 33.9 Å². The SMILES string of the molecule is CN(C)c1cccc(Nc2cc3c(cn2)ncn3-c2ccccc2)c1. The molecule has 5 nitrogen and oxygen atoms in total. The summed E-state index contributed by atoms with van der Waals surface area (Å²) in [6.45, 7) is 0. The first-order chi connectivity index (χ1) is 12.2. The van der Waals surface area contributed by atoms with Crippen LogP contribution in [0, 0.1) is 0 Å². The van der Waals surface area contributed by atoms with Gasteiger partial charge in [-0.2, -0.15) is 0 Å². The predicted molar refractivity (Wildman–Crippen MR) is 103 cm³/mol. The van der Waals surface area contributed by atoms with Crippen molar-refractivity contribution >= 4 is 28.2 Å². The van der Waals surface area contributed by atoms with Gasteiger partial charge in [0.1, 0.15) is 17.7 Å². The van der Waals surface area contributed by atoms with Crippen molar-refractivity contribution in [2.75, 3.05) is 24.3 Å². The molecule has 25 heavy (non-hydrogen) atoms. The summed E-state index contributed by atoms with van der Waals surface area (Å²) in [6.07, 6.45) is 3.63. The van der Waals surface area contributed by atoms with Crippen molar-refractivity contribution in [3.63, 3.8) is 0 Å².